The zero-order valence-corrected chi connectivity index (χ0v) is 12.0. The van der Waals surface area contributed by atoms with Gasteiger partial charge in [0.25, 0.3) is 0 Å². The molecule has 1 aromatic carbocycles. The first-order chi connectivity index (χ1) is 8.71. The zero-order valence-electron chi connectivity index (χ0n) is 9.50. The minimum atomic E-state index is -3.94. The van der Waals surface area contributed by atoms with Crippen LogP contribution in [-0.4, -0.2) is 21.4 Å². The minimum Gasteiger partial charge on any atom is -0.281 e. The zero-order chi connectivity index (χ0) is 14.5. The van der Waals surface area contributed by atoms with Crippen LogP contribution in [-0.2, 0) is 20.1 Å². The molecule has 0 saturated carbocycles. The molecule has 0 spiro atoms. The molecule has 0 fully saturated rings. The van der Waals surface area contributed by atoms with E-state index in [0.717, 1.165) is 11.3 Å². The lowest BCUT2D eigenvalue weighted by molar-refractivity contribution is 0.485. The molecular formula is C10H11NO5S3. The normalized spacial score (nSPS) is 11.5. The van der Waals surface area contributed by atoms with Crippen molar-refractivity contribution in [2.75, 3.05) is 0 Å². The van der Waals surface area contributed by atoms with E-state index in [4.69, 9.17) is 9.69 Å². The fraction of sp³-hybridized carbons (Fsp3) is 0. The van der Waals surface area contributed by atoms with Crippen LogP contribution in [0.25, 0.3) is 0 Å². The molecular weight excluding hydrogens is 310 g/mol. The first kappa shape index (κ1) is 15.8. The first-order valence-corrected chi connectivity index (χ1v) is 8.67. The first-order valence-electron chi connectivity index (χ1n) is 4.80. The second kappa shape index (κ2) is 6.26. The van der Waals surface area contributed by atoms with Gasteiger partial charge in [0, 0.05) is 0 Å². The summed E-state index contributed by atoms with van der Waals surface area (Å²) in [5.41, 5.74) is 0. The van der Waals surface area contributed by atoms with Gasteiger partial charge in [-0.15, -0.1) is 11.3 Å². The molecule has 0 amide bonds. The van der Waals surface area contributed by atoms with Crippen LogP contribution in [0.15, 0.2) is 56.9 Å². The molecule has 2 rings (SSSR count). The van der Waals surface area contributed by atoms with Crippen molar-refractivity contribution in [2.24, 2.45) is 5.14 Å². The Kier molecular flexibility index (Phi) is 5.20. The molecule has 0 aliphatic rings. The van der Waals surface area contributed by atoms with E-state index in [1.54, 1.807) is 29.6 Å². The summed E-state index contributed by atoms with van der Waals surface area (Å²) in [6.07, 6.45) is 0. The van der Waals surface area contributed by atoms with Crippen LogP contribution in [0.5, 0.6) is 0 Å². The van der Waals surface area contributed by atoms with Gasteiger partial charge in [0.1, 0.15) is 4.21 Å². The summed E-state index contributed by atoms with van der Waals surface area (Å²) < 4.78 is 50.1. The second-order valence-corrected chi connectivity index (χ2v) is 7.42. The number of sulfonamides is 1. The Bertz CT molecular complexity index is 706. The molecule has 104 valence electrons. The van der Waals surface area contributed by atoms with E-state index in [0.29, 0.717) is 0 Å². The van der Waals surface area contributed by atoms with Crippen molar-refractivity contribution in [1.29, 1.82) is 0 Å². The van der Waals surface area contributed by atoms with Gasteiger partial charge in [-0.1, -0.05) is 24.3 Å². The molecule has 1 heterocycles. The maximum atomic E-state index is 10.6. The van der Waals surface area contributed by atoms with Gasteiger partial charge in [0.15, 0.2) is 0 Å². The van der Waals surface area contributed by atoms with Crippen LogP contribution in [0.2, 0.25) is 0 Å². The van der Waals surface area contributed by atoms with Crippen LogP contribution < -0.4 is 5.14 Å². The average molecular weight is 321 g/mol. The topological polar surface area (TPSA) is 115 Å². The van der Waals surface area contributed by atoms with Gasteiger partial charge in [-0.3, -0.25) is 4.55 Å². The van der Waals surface area contributed by atoms with Crippen molar-refractivity contribution in [3.05, 3.63) is 47.8 Å². The Balaban J connectivity index is 0.000000191. The van der Waals surface area contributed by atoms with Crippen LogP contribution >= 0.6 is 11.3 Å². The molecule has 0 aliphatic heterocycles. The second-order valence-electron chi connectivity index (χ2n) is 3.27. The molecule has 19 heavy (non-hydrogen) atoms. The standard InChI is InChI=1S/C6H7NO2S.C4H4O3S2/c7-10(8,9)6-4-2-1-3-5-6;5-9(6,7)4-2-1-3-8-4/h1-5H,(H2,7,8,9);1-3H,(H,5,6,7). The number of benzene rings is 1. The van der Waals surface area contributed by atoms with Crippen LogP contribution in [0.1, 0.15) is 0 Å². The van der Waals surface area contributed by atoms with E-state index in [1.807, 2.05) is 0 Å². The van der Waals surface area contributed by atoms with Crippen molar-refractivity contribution in [2.45, 2.75) is 9.10 Å². The average Bonchev–Trinajstić information content (AvgIpc) is 2.83. The third kappa shape index (κ3) is 5.49. The summed E-state index contributed by atoms with van der Waals surface area (Å²) in [4.78, 5) is 0.148. The lowest BCUT2D eigenvalue weighted by atomic mass is 10.4. The largest absolute Gasteiger partial charge is 0.304 e. The third-order valence-electron chi connectivity index (χ3n) is 1.82. The number of hydrogen-bond donors (Lipinski definition) is 2. The summed E-state index contributed by atoms with van der Waals surface area (Å²) >= 11 is 0.992. The van der Waals surface area contributed by atoms with Crippen LogP contribution in [0.4, 0.5) is 0 Å². The van der Waals surface area contributed by atoms with E-state index >= 15 is 0 Å². The SMILES string of the molecule is NS(=O)(=O)c1ccccc1.O=S(=O)(O)c1cccs1. The maximum Gasteiger partial charge on any atom is 0.304 e. The fourth-order valence-electron chi connectivity index (χ4n) is 1.02. The summed E-state index contributed by atoms with van der Waals surface area (Å²) in [7, 11) is -7.44. The Morgan fingerprint density at radius 1 is 0.947 bits per heavy atom. The van der Waals surface area contributed by atoms with Crippen molar-refractivity contribution in [3.63, 3.8) is 0 Å². The van der Waals surface area contributed by atoms with E-state index < -0.39 is 20.1 Å². The van der Waals surface area contributed by atoms with Crippen molar-refractivity contribution in [3.8, 4) is 0 Å². The summed E-state index contributed by atoms with van der Waals surface area (Å²) in [6, 6.07) is 10.8. The molecule has 0 atom stereocenters. The van der Waals surface area contributed by atoms with Crippen LogP contribution in [0, 0.1) is 0 Å². The monoisotopic (exact) mass is 321 g/mol. The molecule has 6 nitrogen and oxygen atoms in total. The number of primary sulfonamides is 1. The highest BCUT2D eigenvalue weighted by Gasteiger charge is 2.08. The highest BCUT2D eigenvalue weighted by atomic mass is 32.3. The van der Waals surface area contributed by atoms with Crippen molar-refractivity contribution in [1.82, 2.24) is 0 Å². The van der Waals surface area contributed by atoms with E-state index in [-0.39, 0.29) is 9.10 Å². The van der Waals surface area contributed by atoms with Gasteiger partial charge in [-0.2, -0.15) is 8.42 Å². The molecule has 9 heteroatoms. The molecule has 1 aromatic heterocycles. The van der Waals surface area contributed by atoms with Crippen molar-refractivity contribution < 1.29 is 21.4 Å². The Labute approximate surface area is 115 Å². The van der Waals surface area contributed by atoms with E-state index in [2.05, 4.69) is 0 Å². The smallest absolute Gasteiger partial charge is 0.281 e. The fourth-order valence-corrected chi connectivity index (χ4v) is 2.91. The summed E-state index contributed by atoms with van der Waals surface area (Å²) in [6.45, 7) is 0. The predicted octanol–water partition coefficient (Wildman–Crippen LogP) is 1.33. The minimum absolute atomic E-state index is 0.0116. The maximum absolute atomic E-state index is 10.6. The van der Waals surface area contributed by atoms with E-state index in [1.165, 1.54) is 18.2 Å². The van der Waals surface area contributed by atoms with E-state index in [9.17, 15) is 16.8 Å². The lowest BCUT2D eigenvalue weighted by Gasteiger charge is -1.93. The number of thiophene rings is 1. The molecule has 3 N–H and O–H groups in total. The molecule has 0 radical (unpaired) electrons. The van der Waals surface area contributed by atoms with Gasteiger partial charge in [0.2, 0.25) is 10.0 Å². The predicted molar refractivity (Wildman–Crippen MR) is 71.9 cm³/mol. The molecule has 0 saturated heterocycles. The Morgan fingerprint density at radius 3 is 1.79 bits per heavy atom. The number of rotatable bonds is 2. The Hall–Kier alpha value is -1.26. The highest BCUT2D eigenvalue weighted by molar-refractivity contribution is 7.89. The van der Waals surface area contributed by atoms with Gasteiger partial charge >= 0.3 is 10.1 Å². The molecule has 0 aliphatic carbocycles. The lowest BCUT2D eigenvalue weighted by Crippen LogP contribution is -2.11. The number of nitrogens with two attached hydrogens (primary N) is 1. The summed E-state index contributed by atoms with van der Waals surface area (Å²) in [5, 5.41) is 6.42. The summed E-state index contributed by atoms with van der Waals surface area (Å²) in [5.74, 6) is 0. The highest BCUT2D eigenvalue weighted by Crippen LogP contribution is 2.14. The van der Waals surface area contributed by atoms with Gasteiger partial charge in [0.05, 0.1) is 4.90 Å². The Morgan fingerprint density at radius 2 is 1.53 bits per heavy atom. The third-order valence-corrected chi connectivity index (χ3v) is 4.98. The van der Waals surface area contributed by atoms with Crippen molar-refractivity contribution >= 4 is 31.5 Å². The van der Waals surface area contributed by atoms with Gasteiger partial charge < -0.3 is 0 Å². The van der Waals surface area contributed by atoms with Gasteiger partial charge in [-0.05, 0) is 23.6 Å². The molecule has 2 aromatic rings. The molecule has 0 unspecified atom stereocenters. The van der Waals surface area contributed by atoms with Crippen LogP contribution in [0.3, 0.4) is 0 Å². The number of hydrogen-bond acceptors (Lipinski definition) is 5. The van der Waals surface area contributed by atoms with Gasteiger partial charge in [-0.25, -0.2) is 13.6 Å². The quantitative estimate of drug-likeness (QED) is 0.810. The molecule has 0 bridgehead atoms.